The number of Topliss-reactive ketones (excluding diaryl/α,β-unsaturated/α-hetero) is 1. The lowest BCUT2D eigenvalue weighted by Crippen LogP contribution is -2.13. The van der Waals surface area contributed by atoms with Crippen LogP contribution in [0.4, 0.5) is 0 Å². The van der Waals surface area contributed by atoms with Crippen molar-refractivity contribution in [1.82, 2.24) is 9.97 Å². The minimum Gasteiger partial charge on any atom is -0.439 e. The van der Waals surface area contributed by atoms with Crippen molar-refractivity contribution < 1.29 is 9.21 Å². The minimum absolute atomic E-state index is 0.157. The molecule has 0 spiro atoms. The van der Waals surface area contributed by atoms with Crippen LogP contribution >= 0.6 is 0 Å². The quantitative estimate of drug-likeness (QED) is 0.586. The average molecular weight is 343 g/mol. The van der Waals surface area contributed by atoms with Crippen LogP contribution in [0.5, 0.6) is 0 Å². The fraction of sp³-hybridized carbons (Fsp3) is 0.190. The topological polar surface area (TPSA) is 82.7 Å². The molecule has 0 fully saturated rings. The highest BCUT2D eigenvalue weighted by Crippen LogP contribution is 2.26. The molecule has 2 heterocycles. The highest BCUT2D eigenvalue weighted by atomic mass is 16.3. The van der Waals surface area contributed by atoms with Crippen molar-refractivity contribution >= 4 is 27.8 Å². The SMILES string of the molecule is CCc1cccc2c(CC(=O)C(C#N)c3nc4ccccc4o3)c[nH]c12. The van der Waals surface area contributed by atoms with E-state index in [1.54, 1.807) is 12.1 Å². The number of aromatic nitrogens is 2. The molecule has 0 aliphatic heterocycles. The van der Waals surface area contributed by atoms with Gasteiger partial charge in [0.15, 0.2) is 17.3 Å². The molecule has 4 aromatic rings. The number of hydrogen-bond acceptors (Lipinski definition) is 4. The van der Waals surface area contributed by atoms with E-state index >= 15 is 0 Å². The van der Waals surface area contributed by atoms with E-state index in [1.807, 2.05) is 36.5 Å². The Hall–Kier alpha value is -3.39. The van der Waals surface area contributed by atoms with Gasteiger partial charge in [0.25, 0.3) is 0 Å². The number of hydrogen-bond donors (Lipinski definition) is 1. The van der Waals surface area contributed by atoms with Crippen LogP contribution in [0.25, 0.3) is 22.0 Å². The number of fused-ring (bicyclic) bond motifs is 2. The van der Waals surface area contributed by atoms with Crippen LogP contribution in [0.15, 0.2) is 53.1 Å². The van der Waals surface area contributed by atoms with E-state index in [-0.39, 0.29) is 18.1 Å². The molecule has 2 aromatic heterocycles. The van der Waals surface area contributed by atoms with Gasteiger partial charge in [-0.15, -0.1) is 0 Å². The van der Waals surface area contributed by atoms with Gasteiger partial charge in [-0.3, -0.25) is 4.79 Å². The molecule has 0 bridgehead atoms. The van der Waals surface area contributed by atoms with Crippen molar-refractivity contribution in [2.45, 2.75) is 25.7 Å². The largest absolute Gasteiger partial charge is 0.439 e. The molecule has 5 heteroatoms. The van der Waals surface area contributed by atoms with Gasteiger partial charge in [-0.05, 0) is 29.7 Å². The molecule has 1 N–H and O–H groups in total. The third-order valence-corrected chi connectivity index (χ3v) is 4.64. The molecule has 0 aliphatic carbocycles. The maximum atomic E-state index is 12.8. The van der Waals surface area contributed by atoms with Crippen LogP contribution in [0.3, 0.4) is 0 Å². The summed E-state index contributed by atoms with van der Waals surface area (Å²) in [6.07, 6.45) is 2.92. The first kappa shape index (κ1) is 16.1. The number of carbonyl (C=O) groups excluding carboxylic acids is 1. The smallest absolute Gasteiger partial charge is 0.220 e. The third-order valence-electron chi connectivity index (χ3n) is 4.64. The van der Waals surface area contributed by atoms with E-state index < -0.39 is 5.92 Å². The van der Waals surface area contributed by atoms with Gasteiger partial charge in [-0.2, -0.15) is 5.26 Å². The van der Waals surface area contributed by atoms with E-state index in [0.717, 1.165) is 22.9 Å². The summed E-state index contributed by atoms with van der Waals surface area (Å²) in [5, 5.41) is 10.5. The first-order valence-corrected chi connectivity index (χ1v) is 8.57. The lowest BCUT2D eigenvalue weighted by atomic mass is 9.98. The Labute approximate surface area is 150 Å². The van der Waals surface area contributed by atoms with Gasteiger partial charge >= 0.3 is 0 Å². The molecule has 128 valence electrons. The summed E-state index contributed by atoms with van der Waals surface area (Å²) in [4.78, 5) is 20.3. The zero-order valence-electron chi connectivity index (χ0n) is 14.3. The van der Waals surface area contributed by atoms with Gasteiger partial charge in [0.1, 0.15) is 5.52 Å². The second kappa shape index (κ2) is 6.49. The van der Waals surface area contributed by atoms with Crippen molar-refractivity contribution in [2.75, 3.05) is 0 Å². The van der Waals surface area contributed by atoms with Crippen molar-refractivity contribution in [3.8, 4) is 6.07 Å². The molecule has 0 saturated carbocycles. The Bertz CT molecular complexity index is 1110. The van der Waals surface area contributed by atoms with Crippen LogP contribution in [-0.4, -0.2) is 15.8 Å². The Morgan fingerprint density at radius 3 is 2.85 bits per heavy atom. The number of nitriles is 1. The number of para-hydroxylation sites is 3. The molecule has 5 nitrogen and oxygen atoms in total. The predicted molar refractivity (Wildman–Crippen MR) is 98.8 cm³/mol. The highest BCUT2D eigenvalue weighted by Gasteiger charge is 2.26. The molecule has 0 aliphatic rings. The van der Waals surface area contributed by atoms with Crippen LogP contribution in [0, 0.1) is 11.3 Å². The fourth-order valence-corrected chi connectivity index (χ4v) is 3.28. The molecule has 4 rings (SSSR count). The second-order valence-corrected chi connectivity index (χ2v) is 6.23. The molecule has 0 radical (unpaired) electrons. The number of aryl methyl sites for hydroxylation is 1. The van der Waals surface area contributed by atoms with Crippen molar-refractivity contribution in [2.24, 2.45) is 0 Å². The van der Waals surface area contributed by atoms with Crippen LogP contribution in [-0.2, 0) is 17.6 Å². The first-order valence-electron chi connectivity index (χ1n) is 8.57. The summed E-state index contributed by atoms with van der Waals surface area (Å²) in [5.74, 6) is -1.07. The zero-order valence-corrected chi connectivity index (χ0v) is 14.3. The van der Waals surface area contributed by atoms with Gasteiger partial charge in [0.05, 0.1) is 6.07 Å². The van der Waals surface area contributed by atoms with Gasteiger partial charge < -0.3 is 9.40 Å². The molecule has 0 amide bonds. The number of aromatic amines is 1. The molecule has 0 saturated heterocycles. The Morgan fingerprint density at radius 2 is 2.08 bits per heavy atom. The maximum Gasteiger partial charge on any atom is 0.220 e. The lowest BCUT2D eigenvalue weighted by molar-refractivity contribution is -0.119. The number of oxazole rings is 1. The molecular formula is C21H17N3O2. The van der Waals surface area contributed by atoms with Crippen molar-refractivity contribution in [3.63, 3.8) is 0 Å². The second-order valence-electron chi connectivity index (χ2n) is 6.23. The minimum atomic E-state index is -1.01. The predicted octanol–water partition coefficient (Wildman–Crippen LogP) is 4.29. The maximum absolute atomic E-state index is 12.8. The fourth-order valence-electron chi connectivity index (χ4n) is 3.28. The van der Waals surface area contributed by atoms with E-state index in [1.165, 1.54) is 5.56 Å². The Balaban J connectivity index is 1.65. The number of benzene rings is 2. The van der Waals surface area contributed by atoms with Gasteiger partial charge in [0.2, 0.25) is 5.89 Å². The third kappa shape index (κ3) is 2.66. The van der Waals surface area contributed by atoms with Gasteiger partial charge in [0, 0.05) is 23.5 Å². The van der Waals surface area contributed by atoms with E-state index in [4.69, 9.17) is 4.42 Å². The van der Waals surface area contributed by atoms with Gasteiger partial charge in [-0.1, -0.05) is 37.3 Å². The summed E-state index contributed by atoms with van der Waals surface area (Å²) in [6, 6.07) is 15.3. The molecular weight excluding hydrogens is 326 g/mol. The summed E-state index contributed by atoms with van der Waals surface area (Å²) < 4.78 is 5.62. The van der Waals surface area contributed by atoms with Crippen molar-refractivity contribution in [1.29, 1.82) is 5.26 Å². The van der Waals surface area contributed by atoms with E-state index in [9.17, 15) is 10.1 Å². The number of ketones is 1. The molecule has 26 heavy (non-hydrogen) atoms. The summed E-state index contributed by atoms with van der Waals surface area (Å²) in [6.45, 7) is 2.10. The normalized spacial score (nSPS) is 12.3. The monoisotopic (exact) mass is 343 g/mol. The number of nitrogens with zero attached hydrogens (tertiary/aromatic N) is 2. The Kier molecular flexibility index (Phi) is 4.02. The van der Waals surface area contributed by atoms with Gasteiger partial charge in [-0.25, -0.2) is 4.98 Å². The lowest BCUT2D eigenvalue weighted by Gasteiger charge is -2.04. The highest BCUT2D eigenvalue weighted by molar-refractivity contribution is 5.95. The molecule has 2 aromatic carbocycles. The number of carbonyl (C=O) groups is 1. The van der Waals surface area contributed by atoms with Crippen molar-refractivity contribution in [3.05, 3.63) is 65.7 Å². The first-order chi connectivity index (χ1) is 12.7. The summed E-state index contributed by atoms with van der Waals surface area (Å²) in [7, 11) is 0. The summed E-state index contributed by atoms with van der Waals surface area (Å²) in [5.41, 5.74) is 4.37. The standard InChI is InChI=1S/C21H17N3O2/c1-2-13-6-5-7-15-14(12-23-20(13)15)10-18(25)16(11-22)21-24-17-8-3-4-9-19(17)26-21/h3-9,12,16,23H,2,10H2,1H3. The molecule has 1 atom stereocenters. The van der Waals surface area contributed by atoms with E-state index in [0.29, 0.717) is 11.1 Å². The Morgan fingerprint density at radius 1 is 1.23 bits per heavy atom. The summed E-state index contributed by atoms with van der Waals surface area (Å²) >= 11 is 0. The number of H-pyrrole nitrogens is 1. The average Bonchev–Trinajstić information content (AvgIpc) is 3.26. The number of nitrogens with one attached hydrogen (secondary N) is 1. The number of rotatable bonds is 5. The molecule has 1 unspecified atom stereocenters. The van der Waals surface area contributed by atoms with Crippen LogP contribution < -0.4 is 0 Å². The van der Waals surface area contributed by atoms with E-state index in [2.05, 4.69) is 23.0 Å². The van der Waals surface area contributed by atoms with Crippen LogP contribution in [0.1, 0.15) is 29.9 Å². The zero-order chi connectivity index (χ0) is 18.1. The van der Waals surface area contributed by atoms with Crippen LogP contribution in [0.2, 0.25) is 0 Å².